The van der Waals surface area contributed by atoms with Gasteiger partial charge in [0.15, 0.2) is 0 Å². The van der Waals surface area contributed by atoms with Crippen LogP contribution in [-0.2, 0) is 0 Å². The monoisotopic (exact) mass is 263 g/mol. The molecule has 3 N–H and O–H groups in total. The molecule has 0 amide bonds. The van der Waals surface area contributed by atoms with Gasteiger partial charge < -0.3 is 15.7 Å². The molecule has 0 saturated heterocycles. The standard InChI is InChI=1S/C11H17N7O/c1-11(2,19)6-14-9-15-8(12-3)16-10(17-9)18-5-4-13-7-18/h4-5,7,19H,6H2,1-3H3,(H2,12,14,15,16,17). The highest BCUT2D eigenvalue weighted by Crippen LogP contribution is 2.10. The van der Waals surface area contributed by atoms with Gasteiger partial charge in [-0.25, -0.2) is 4.98 Å². The minimum Gasteiger partial charge on any atom is -0.389 e. The number of hydrogen-bond donors (Lipinski definition) is 3. The third kappa shape index (κ3) is 3.62. The van der Waals surface area contributed by atoms with Crippen molar-refractivity contribution in [3.8, 4) is 5.95 Å². The summed E-state index contributed by atoms with van der Waals surface area (Å²) >= 11 is 0. The van der Waals surface area contributed by atoms with E-state index in [0.29, 0.717) is 24.4 Å². The van der Waals surface area contributed by atoms with E-state index in [4.69, 9.17) is 0 Å². The summed E-state index contributed by atoms with van der Waals surface area (Å²) in [6, 6.07) is 0. The van der Waals surface area contributed by atoms with E-state index < -0.39 is 5.60 Å². The lowest BCUT2D eigenvalue weighted by Gasteiger charge is -2.17. The van der Waals surface area contributed by atoms with Crippen molar-refractivity contribution in [1.29, 1.82) is 0 Å². The second kappa shape index (κ2) is 5.19. The van der Waals surface area contributed by atoms with Crippen molar-refractivity contribution < 1.29 is 5.11 Å². The van der Waals surface area contributed by atoms with Crippen LogP contribution in [0.1, 0.15) is 13.8 Å². The Balaban J connectivity index is 2.26. The highest BCUT2D eigenvalue weighted by molar-refractivity contribution is 5.37. The van der Waals surface area contributed by atoms with E-state index in [1.165, 1.54) is 0 Å². The number of anilines is 2. The summed E-state index contributed by atoms with van der Waals surface area (Å²) in [7, 11) is 1.73. The molecule has 102 valence electrons. The second-order valence-corrected chi connectivity index (χ2v) is 4.67. The van der Waals surface area contributed by atoms with Crippen LogP contribution in [0.25, 0.3) is 5.95 Å². The average Bonchev–Trinajstić information content (AvgIpc) is 2.89. The van der Waals surface area contributed by atoms with Gasteiger partial charge >= 0.3 is 0 Å². The van der Waals surface area contributed by atoms with Crippen LogP contribution in [0.15, 0.2) is 18.7 Å². The van der Waals surface area contributed by atoms with Crippen LogP contribution in [0.2, 0.25) is 0 Å². The Morgan fingerprint density at radius 2 is 2.00 bits per heavy atom. The number of rotatable bonds is 5. The van der Waals surface area contributed by atoms with Crippen molar-refractivity contribution >= 4 is 11.9 Å². The van der Waals surface area contributed by atoms with Gasteiger partial charge in [0.1, 0.15) is 6.33 Å². The average molecular weight is 263 g/mol. The first-order valence-corrected chi connectivity index (χ1v) is 5.86. The molecule has 0 spiro atoms. The molecule has 0 aromatic carbocycles. The maximum Gasteiger partial charge on any atom is 0.241 e. The third-order valence-electron chi connectivity index (χ3n) is 2.26. The first kappa shape index (κ1) is 13.2. The third-order valence-corrected chi connectivity index (χ3v) is 2.26. The summed E-state index contributed by atoms with van der Waals surface area (Å²) in [5.74, 6) is 1.29. The van der Waals surface area contributed by atoms with Crippen molar-refractivity contribution in [3.05, 3.63) is 18.7 Å². The molecule has 0 atom stereocenters. The van der Waals surface area contributed by atoms with E-state index in [1.54, 1.807) is 44.2 Å². The second-order valence-electron chi connectivity index (χ2n) is 4.67. The Morgan fingerprint density at radius 3 is 2.58 bits per heavy atom. The number of hydrogen-bond acceptors (Lipinski definition) is 7. The zero-order chi connectivity index (χ0) is 13.9. The van der Waals surface area contributed by atoms with Crippen LogP contribution in [-0.4, -0.2) is 48.8 Å². The fourth-order valence-corrected chi connectivity index (χ4v) is 1.34. The minimum atomic E-state index is -0.846. The van der Waals surface area contributed by atoms with Crippen LogP contribution >= 0.6 is 0 Å². The Kier molecular flexibility index (Phi) is 3.61. The van der Waals surface area contributed by atoms with Gasteiger partial charge in [-0.15, -0.1) is 0 Å². The van der Waals surface area contributed by atoms with Crippen LogP contribution in [0.5, 0.6) is 0 Å². The summed E-state index contributed by atoms with van der Waals surface area (Å²) in [5, 5.41) is 15.5. The predicted molar refractivity (Wildman–Crippen MR) is 71.3 cm³/mol. The maximum atomic E-state index is 9.69. The van der Waals surface area contributed by atoms with Gasteiger partial charge in [0.05, 0.1) is 5.60 Å². The molecular weight excluding hydrogens is 246 g/mol. The van der Waals surface area contributed by atoms with Gasteiger partial charge in [0.2, 0.25) is 17.8 Å². The molecule has 0 bridgehead atoms. The van der Waals surface area contributed by atoms with Gasteiger partial charge in [-0.05, 0) is 13.8 Å². The van der Waals surface area contributed by atoms with Crippen LogP contribution < -0.4 is 10.6 Å². The van der Waals surface area contributed by atoms with Gasteiger partial charge in [-0.1, -0.05) is 0 Å². The molecule has 2 heterocycles. The maximum absolute atomic E-state index is 9.69. The summed E-state index contributed by atoms with van der Waals surface area (Å²) in [6.07, 6.45) is 5.00. The molecule has 0 saturated carbocycles. The van der Waals surface area contributed by atoms with E-state index in [0.717, 1.165) is 0 Å². The molecule has 0 radical (unpaired) electrons. The fourth-order valence-electron chi connectivity index (χ4n) is 1.34. The van der Waals surface area contributed by atoms with E-state index in [9.17, 15) is 5.11 Å². The first-order valence-electron chi connectivity index (χ1n) is 5.86. The van der Waals surface area contributed by atoms with Crippen molar-refractivity contribution in [1.82, 2.24) is 24.5 Å². The van der Waals surface area contributed by atoms with Crippen LogP contribution in [0.3, 0.4) is 0 Å². The topological polar surface area (TPSA) is 101 Å². The molecule has 0 fully saturated rings. The van der Waals surface area contributed by atoms with Crippen molar-refractivity contribution in [2.45, 2.75) is 19.4 Å². The van der Waals surface area contributed by atoms with Gasteiger partial charge in [0, 0.05) is 26.0 Å². The summed E-state index contributed by atoms with van der Waals surface area (Å²) < 4.78 is 1.68. The summed E-state index contributed by atoms with van der Waals surface area (Å²) in [6.45, 7) is 3.75. The smallest absolute Gasteiger partial charge is 0.241 e. The minimum absolute atomic E-state index is 0.337. The number of nitrogens with one attached hydrogen (secondary N) is 2. The highest BCUT2D eigenvalue weighted by Gasteiger charge is 2.14. The number of aromatic nitrogens is 5. The fraction of sp³-hybridized carbons (Fsp3) is 0.455. The van der Waals surface area contributed by atoms with Crippen molar-refractivity contribution in [3.63, 3.8) is 0 Å². The van der Waals surface area contributed by atoms with Crippen LogP contribution in [0.4, 0.5) is 11.9 Å². The van der Waals surface area contributed by atoms with E-state index in [1.807, 2.05) is 0 Å². The summed E-state index contributed by atoms with van der Waals surface area (Å²) in [4.78, 5) is 16.6. The summed E-state index contributed by atoms with van der Waals surface area (Å²) in [5.41, 5.74) is -0.846. The lowest BCUT2D eigenvalue weighted by atomic mass is 10.1. The normalized spacial score (nSPS) is 11.4. The molecule has 0 aliphatic heterocycles. The molecule has 19 heavy (non-hydrogen) atoms. The number of aliphatic hydroxyl groups is 1. The highest BCUT2D eigenvalue weighted by atomic mass is 16.3. The molecule has 8 heteroatoms. The largest absolute Gasteiger partial charge is 0.389 e. The van der Waals surface area contributed by atoms with Gasteiger partial charge in [-0.2, -0.15) is 15.0 Å². The lowest BCUT2D eigenvalue weighted by Crippen LogP contribution is -2.30. The molecule has 2 aromatic rings. The predicted octanol–water partition coefficient (Wildman–Crippen LogP) is 0.282. The molecule has 0 aliphatic carbocycles. The zero-order valence-corrected chi connectivity index (χ0v) is 11.1. The van der Waals surface area contributed by atoms with Crippen molar-refractivity contribution in [2.24, 2.45) is 0 Å². The van der Waals surface area contributed by atoms with Gasteiger partial charge in [0.25, 0.3) is 0 Å². The zero-order valence-electron chi connectivity index (χ0n) is 11.1. The molecular formula is C11H17N7O. The Bertz CT molecular complexity index is 532. The molecule has 2 aromatic heterocycles. The van der Waals surface area contributed by atoms with Crippen molar-refractivity contribution in [2.75, 3.05) is 24.2 Å². The molecule has 0 unspecified atom stereocenters. The Hall–Kier alpha value is -2.22. The Morgan fingerprint density at radius 1 is 1.26 bits per heavy atom. The molecule has 2 rings (SSSR count). The number of nitrogens with zero attached hydrogens (tertiary/aromatic N) is 5. The quantitative estimate of drug-likeness (QED) is 0.712. The SMILES string of the molecule is CNc1nc(NCC(C)(C)O)nc(-n2ccnc2)n1. The van der Waals surface area contributed by atoms with E-state index >= 15 is 0 Å². The van der Waals surface area contributed by atoms with Gasteiger partial charge in [-0.3, -0.25) is 4.57 Å². The molecule has 0 aliphatic rings. The van der Waals surface area contributed by atoms with E-state index in [-0.39, 0.29) is 0 Å². The Labute approximate surface area is 111 Å². The number of imidazole rings is 1. The first-order chi connectivity index (χ1) is 8.98. The van der Waals surface area contributed by atoms with E-state index in [2.05, 4.69) is 30.6 Å². The lowest BCUT2D eigenvalue weighted by molar-refractivity contribution is 0.0943. The van der Waals surface area contributed by atoms with Crippen LogP contribution in [0, 0.1) is 0 Å². The molecule has 8 nitrogen and oxygen atoms in total.